The molecule has 1 aliphatic rings. The maximum absolute atomic E-state index is 12.9. The van der Waals surface area contributed by atoms with Gasteiger partial charge in [0.05, 0.1) is 11.7 Å². The molecular weight excluding hydrogens is 311 g/mol. The first-order valence-corrected chi connectivity index (χ1v) is 7.57. The van der Waals surface area contributed by atoms with Crippen molar-refractivity contribution < 1.29 is 27.8 Å². The monoisotopic (exact) mass is 331 g/mol. The van der Waals surface area contributed by atoms with Gasteiger partial charge in [0.2, 0.25) is 0 Å². The fourth-order valence-corrected chi connectivity index (χ4v) is 2.68. The minimum atomic E-state index is -4.54. The van der Waals surface area contributed by atoms with Crippen LogP contribution in [0.1, 0.15) is 31.7 Å². The summed E-state index contributed by atoms with van der Waals surface area (Å²) < 4.78 is 43.8. The van der Waals surface area contributed by atoms with Crippen LogP contribution in [0.15, 0.2) is 24.3 Å². The fourth-order valence-electron chi connectivity index (χ4n) is 2.68. The van der Waals surface area contributed by atoms with Gasteiger partial charge in [0, 0.05) is 12.5 Å². The van der Waals surface area contributed by atoms with Gasteiger partial charge < -0.3 is 15.2 Å². The van der Waals surface area contributed by atoms with E-state index in [0.717, 1.165) is 18.9 Å². The lowest BCUT2D eigenvalue weighted by atomic mass is 10.1. The molecule has 0 aliphatic heterocycles. The summed E-state index contributed by atoms with van der Waals surface area (Å²) in [4.78, 5) is 12.0. The number of carbonyl (C=O) groups is 1. The molecule has 3 atom stereocenters. The van der Waals surface area contributed by atoms with Gasteiger partial charge in [0.25, 0.3) is 5.91 Å². The summed E-state index contributed by atoms with van der Waals surface area (Å²) in [5, 5.41) is 12.3. The van der Waals surface area contributed by atoms with Crippen LogP contribution in [0.5, 0.6) is 5.75 Å². The van der Waals surface area contributed by atoms with Gasteiger partial charge in [-0.25, -0.2) is 0 Å². The van der Waals surface area contributed by atoms with Gasteiger partial charge in [-0.15, -0.1) is 0 Å². The lowest BCUT2D eigenvalue weighted by molar-refractivity contribution is -0.140. The SMILES string of the molecule is CC(Oc1ccccc1C(F)(F)F)C(=O)NCC1CCCC1O. The molecule has 3 unspecified atom stereocenters. The first kappa shape index (κ1) is 17.6. The number of alkyl halides is 3. The average molecular weight is 331 g/mol. The van der Waals surface area contributed by atoms with E-state index in [1.165, 1.54) is 25.1 Å². The number of halogens is 3. The van der Waals surface area contributed by atoms with Crippen molar-refractivity contribution in [3.05, 3.63) is 29.8 Å². The average Bonchev–Trinajstić information content (AvgIpc) is 2.89. The molecule has 0 heterocycles. The van der Waals surface area contributed by atoms with E-state index in [-0.39, 0.29) is 11.7 Å². The van der Waals surface area contributed by atoms with Crippen LogP contribution in [0.3, 0.4) is 0 Å². The van der Waals surface area contributed by atoms with Gasteiger partial charge in [-0.2, -0.15) is 13.2 Å². The van der Waals surface area contributed by atoms with Crippen molar-refractivity contribution in [1.82, 2.24) is 5.32 Å². The minimum absolute atomic E-state index is 0.00592. The Morgan fingerprint density at radius 3 is 2.70 bits per heavy atom. The Morgan fingerprint density at radius 1 is 1.39 bits per heavy atom. The topological polar surface area (TPSA) is 58.6 Å². The zero-order valence-corrected chi connectivity index (χ0v) is 12.8. The molecule has 0 radical (unpaired) electrons. The molecule has 1 aromatic rings. The number of aliphatic hydroxyl groups excluding tert-OH is 1. The number of rotatable bonds is 5. The van der Waals surface area contributed by atoms with Crippen LogP contribution in [0.25, 0.3) is 0 Å². The predicted molar refractivity (Wildman–Crippen MR) is 77.9 cm³/mol. The lowest BCUT2D eigenvalue weighted by Gasteiger charge is -2.20. The predicted octanol–water partition coefficient (Wildman–Crippen LogP) is 2.75. The highest BCUT2D eigenvalue weighted by atomic mass is 19.4. The van der Waals surface area contributed by atoms with Crippen LogP contribution in [0, 0.1) is 5.92 Å². The van der Waals surface area contributed by atoms with Crippen LogP contribution < -0.4 is 10.1 Å². The van der Waals surface area contributed by atoms with Gasteiger partial charge in [0.15, 0.2) is 6.10 Å². The van der Waals surface area contributed by atoms with E-state index in [1.807, 2.05) is 0 Å². The fraction of sp³-hybridized carbons (Fsp3) is 0.562. The van der Waals surface area contributed by atoms with Crippen molar-refractivity contribution in [2.45, 2.75) is 44.6 Å². The number of ether oxygens (including phenoxy) is 1. The van der Waals surface area contributed by atoms with E-state index in [0.29, 0.717) is 13.0 Å². The second kappa shape index (κ2) is 7.21. The molecular formula is C16H20F3NO3. The number of hydrogen-bond acceptors (Lipinski definition) is 3. The maximum Gasteiger partial charge on any atom is 0.419 e. The van der Waals surface area contributed by atoms with Crippen LogP contribution in [0.4, 0.5) is 13.2 Å². The quantitative estimate of drug-likeness (QED) is 0.872. The first-order chi connectivity index (χ1) is 10.8. The molecule has 2 rings (SSSR count). The zero-order valence-electron chi connectivity index (χ0n) is 12.8. The summed E-state index contributed by atoms with van der Waals surface area (Å²) in [6.07, 6.45) is -3.58. The van der Waals surface area contributed by atoms with Crippen molar-refractivity contribution in [1.29, 1.82) is 0 Å². The highest BCUT2D eigenvalue weighted by Crippen LogP contribution is 2.36. The van der Waals surface area contributed by atoms with Crippen LogP contribution in [-0.4, -0.2) is 29.8 Å². The molecule has 1 fully saturated rings. The van der Waals surface area contributed by atoms with E-state index in [2.05, 4.69) is 5.32 Å². The molecule has 1 aliphatic carbocycles. The lowest BCUT2D eigenvalue weighted by Crippen LogP contribution is -2.40. The van der Waals surface area contributed by atoms with Crippen LogP contribution in [0.2, 0.25) is 0 Å². The second-order valence-electron chi connectivity index (χ2n) is 5.76. The van der Waals surface area contributed by atoms with Gasteiger partial charge in [-0.3, -0.25) is 4.79 Å². The molecule has 2 N–H and O–H groups in total. The van der Waals surface area contributed by atoms with Gasteiger partial charge in [0.1, 0.15) is 5.75 Å². The third-order valence-electron chi connectivity index (χ3n) is 4.02. The van der Waals surface area contributed by atoms with Crippen LogP contribution >= 0.6 is 0 Å². The number of nitrogens with one attached hydrogen (secondary N) is 1. The first-order valence-electron chi connectivity index (χ1n) is 7.57. The molecule has 1 saturated carbocycles. The van der Waals surface area contributed by atoms with E-state index in [9.17, 15) is 23.1 Å². The number of carbonyl (C=O) groups excluding carboxylic acids is 1. The number of aliphatic hydroxyl groups is 1. The highest BCUT2D eigenvalue weighted by Gasteiger charge is 2.35. The molecule has 0 spiro atoms. The molecule has 4 nitrogen and oxygen atoms in total. The molecule has 0 aromatic heterocycles. The number of amides is 1. The Hall–Kier alpha value is -1.76. The Bertz CT molecular complexity index is 548. The summed E-state index contributed by atoms with van der Waals surface area (Å²) in [6.45, 7) is 1.70. The normalized spacial score (nSPS) is 22.7. The van der Waals surface area contributed by atoms with Gasteiger partial charge >= 0.3 is 6.18 Å². The zero-order chi connectivity index (χ0) is 17.0. The smallest absolute Gasteiger partial charge is 0.419 e. The van der Waals surface area contributed by atoms with Crippen molar-refractivity contribution in [3.63, 3.8) is 0 Å². The summed E-state index contributed by atoms with van der Waals surface area (Å²) in [7, 11) is 0. The Balaban J connectivity index is 1.93. The van der Waals surface area contributed by atoms with Gasteiger partial charge in [-0.1, -0.05) is 18.6 Å². The highest BCUT2D eigenvalue weighted by molar-refractivity contribution is 5.80. The molecule has 23 heavy (non-hydrogen) atoms. The molecule has 0 bridgehead atoms. The summed E-state index contributed by atoms with van der Waals surface area (Å²) in [6, 6.07) is 4.79. The van der Waals surface area contributed by atoms with E-state index in [1.54, 1.807) is 0 Å². The van der Waals surface area contributed by atoms with Crippen molar-refractivity contribution in [2.75, 3.05) is 6.54 Å². The summed E-state index contributed by atoms with van der Waals surface area (Å²) in [5.74, 6) is -0.877. The van der Waals surface area contributed by atoms with Crippen molar-refractivity contribution in [2.24, 2.45) is 5.92 Å². The van der Waals surface area contributed by atoms with Crippen LogP contribution in [-0.2, 0) is 11.0 Å². The molecule has 7 heteroatoms. The number of para-hydroxylation sites is 1. The van der Waals surface area contributed by atoms with Gasteiger partial charge in [-0.05, 0) is 31.9 Å². The number of hydrogen-bond donors (Lipinski definition) is 2. The Kier molecular flexibility index (Phi) is 5.51. The number of benzene rings is 1. The standard InChI is InChI=1S/C16H20F3NO3/c1-10(15(22)20-9-11-5-4-7-13(11)21)23-14-8-3-2-6-12(14)16(17,18)19/h2-3,6,8,10-11,13,21H,4-5,7,9H2,1H3,(H,20,22). The third-order valence-corrected chi connectivity index (χ3v) is 4.02. The largest absolute Gasteiger partial charge is 0.480 e. The third kappa shape index (κ3) is 4.60. The Labute approximate surface area is 132 Å². The molecule has 1 aromatic carbocycles. The van der Waals surface area contributed by atoms with E-state index < -0.39 is 29.9 Å². The van der Waals surface area contributed by atoms with E-state index in [4.69, 9.17) is 4.74 Å². The molecule has 128 valence electrons. The molecule has 0 saturated heterocycles. The maximum atomic E-state index is 12.9. The van der Waals surface area contributed by atoms with Crippen molar-refractivity contribution >= 4 is 5.91 Å². The summed E-state index contributed by atoms with van der Waals surface area (Å²) in [5.41, 5.74) is -0.911. The van der Waals surface area contributed by atoms with E-state index >= 15 is 0 Å². The minimum Gasteiger partial charge on any atom is -0.480 e. The molecule has 1 amide bonds. The second-order valence-corrected chi connectivity index (χ2v) is 5.76. The summed E-state index contributed by atoms with van der Waals surface area (Å²) >= 11 is 0. The Morgan fingerprint density at radius 2 is 2.09 bits per heavy atom. The van der Waals surface area contributed by atoms with Crippen molar-refractivity contribution in [3.8, 4) is 5.75 Å².